The highest BCUT2D eigenvalue weighted by Crippen LogP contribution is 2.31. The predicted molar refractivity (Wildman–Crippen MR) is 71.8 cm³/mol. The van der Waals surface area contributed by atoms with Crippen molar-refractivity contribution in [2.45, 2.75) is 72.3 Å². The molecule has 0 spiro atoms. The Hall–Kier alpha value is -0.570. The molecular formula is C14H29NO2. The Balaban J connectivity index is 4.21. The van der Waals surface area contributed by atoms with Gasteiger partial charge < -0.3 is 10.5 Å². The van der Waals surface area contributed by atoms with Crippen LogP contribution in [0.3, 0.4) is 0 Å². The first-order valence-electron chi connectivity index (χ1n) is 6.87. The minimum atomic E-state index is -0.517. The summed E-state index contributed by atoms with van der Waals surface area (Å²) in [6.07, 6.45) is 6.99. The Morgan fingerprint density at radius 3 is 2.06 bits per heavy atom. The average molecular weight is 243 g/mol. The summed E-state index contributed by atoms with van der Waals surface area (Å²) in [5.41, 5.74) is 5.61. The number of unbranched alkanes of at least 4 members (excludes halogenated alkanes) is 2. The van der Waals surface area contributed by atoms with Gasteiger partial charge in [0, 0.05) is 5.41 Å². The normalized spacial score (nSPS) is 13.5. The van der Waals surface area contributed by atoms with Crippen LogP contribution in [0.5, 0.6) is 0 Å². The highest BCUT2D eigenvalue weighted by atomic mass is 16.5. The number of ether oxygens (including phenoxy) is 1. The summed E-state index contributed by atoms with van der Waals surface area (Å²) in [5, 5.41) is 0. The maximum atomic E-state index is 11.4. The maximum absolute atomic E-state index is 11.4. The first-order valence-corrected chi connectivity index (χ1v) is 6.87. The molecule has 0 rings (SSSR count). The Morgan fingerprint density at radius 2 is 1.71 bits per heavy atom. The second-order valence-electron chi connectivity index (χ2n) is 5.41. The SMILES string of the molecule is CCCCC(C)(CCCC)COC(=O)C(C)N. The third-order valence-electron chi connectivity index (χ3n) is 3.20. The summed E-state index contributed by atoms with van der Waals surface area (Å²) >= 11 is 0. The second kappa shape index (κ2) is 8.51. The molecule has 0 aromatic carbocycles. The molecule has 2 N–H and O–H groups in total. The van der Waals surface area contributed by atoms with Crippen molar-refractivity contribution in [1.82, 2.24) is 0 Å². The zero-order valence-electron chi connectivity index (χ0n) is 11.9. The van der Waals surface area contributed by atoms with Crippen molar-refractivity contribution >= 4 is 5.97 Å². The van der Waals surface area contributed by atoms with Gasteiger partial charge in [0.05, 0.1) is 6.61 Å². The van der Waals surface area contributed by atoms with Crippen LogP contribution in [-0.4, -0.2) is 18.6 Å². The summed E-state index contributed by atoms with van der Waals surface area (Å²) in [4.78, 5) is 11.4. The van der Waals surface area contributed by atoms with Crippen LogP contribution in [-0.2, 0) is 9.53 Å². The van der Waals surface area contributed by atoms with Gasteiger partial charge >= 0.3 is 5.97 Å². The fraction of sp³-hybridized carbons (Fsp3) is 0.929. The fourth-order valence-electron chi connectivity index (χ4n) is 1.85. The van der Waals surface area contributed by atoms with Gasteiger partial charge in [-0.25, -0.2) is 0 Å². The van der Waals surface area contributed by atoms with E-state index >= 15 is 0 Å². The largest absolute Gasteiger partial charge is 0.464 e. The number of rotatable bonds is 9. The molecule has 0 aromatic rings. The zero-order chi connectivity index (χ0) is 13.3. The Kier molecular flexibility index (Phi) is 8.23. The van der Waals surface area contributed by atoms with E-state index < -0.39 is 6.04 Å². The van der Waals surface area contributed by atoms with Crippen molar-refractivity contribution in [2.75, 3.05) is 6.61 Å². The Labute approximate surface area is 106 Å². The van der Waals surface area contributed by atoms with Gasteiger partial charge in [0.2, 0.25) is 0 Å². The lowest BCUT2D eigenvalue weighted by molar-refractivity contribution is -0.148. The van der Waals surface area contributed by atoms with Gasteiger partial charge in [0.15, 0.2) is 0 Å². The number of nitrogens with two attached hydrogens (primary N) is 1. The summed E-state index contributed by atoms with van der Waals surface area (Å²) < 4.78 is 5.30. The highest BCUT2D eigenvalue weighted by Gasteiger charge is 2.25. The molecule has 17 heavy (non-hydrogen) atoms. The Bertz CT molecular complexity index is 206. The van der Waals surface area contributed by atoms with Gasteiger partial charge in [0.25, 0.3) is 0 Å². The smallest absolute Gasteiger partial charge is 0.322 e. The molecule has 0 saturated carbocycles. The van der Waals surface area contributed by atoms with E-state index in [1.165, 1.54) is 25.7 Å². The molecule has 0 amide bonds. The highest BCUT2D eigenvalue weighted by molar-refractivity contribution is 5.74. The third-order valence-corrected chi connectivity index (χ3v) is 3.20. The lowest BCUT2D eigenvalue weighted by atomic mass is 9.81. The minimum absolute atomic E-state index is 0.122. The molecule has 102 valence electrons. The standard InChI is InChI=1S/C14H29NO2/c1-5-7-9-14(4,10-8-6-2)11-17-13(16)12(3)15/h12H,5-11,15H2,1-4H3. The predicted octanol–water partition coefficient (Wildman–Crippen LogP) is 3.26. The van der Waals surface area contributed by atoms with E-state index in [0.717, 1.165) is 12.8 Å². The quantitative estimate of drug-likeness (QED) is 0.632. The third kappa shape index (κ3) is 7.37. The first-order chi connectivity index (χ1) is 7.95. The maximum Gasteiger partial charge on any atom is 0.322 e. The summed E-state index contributed by atoms with van der Waals surface area (Å²) in [6.45, 7) is 8.76. The van der Waals surface area contributed by atoms with Crippen LogP contribution in [0.1, 0.15) is 66.2 Å². The number of carbonyl (C=O) groups excluding carboxylic acids is 1. The molecule has 0 heterocycles. The Morgan fingerprint density at radius 1 is 1.24 bits per heavy atom. The molecule has 0 radical (unpaired) electrons. The van der Waals surface area contributed by atoms with Gasteiger partial charge in [-0.15, -0.1) is 0 Å². The molecule has 0 saturated heterocycles. The lowest BCUT2D eigenvalue weighted by Crippen LogP contribution is -2.33. The lowest BCUT2D eigenvalue weighted by Gasteiger charge is -2.29. The molecular weight excluding hydrogens is 214 g/mol. The van der Waals surface area contributed by atoms with Crippen LogP contribution in [0.4, 0.5) is 0 Å². The van der Waals surface area contributed by atoms with Gasteiger partial charge in [-0.2, -0.15) is 0 Å². The molecule has 1 unspecified atom stereocenters. The molecule has 0 aliphatic heterocycles. The summed E-state index contributed by atoms with van der Waals surface area (Å²) in [6, 6.07) is -0.517. The average Bonchev–Trinajstić information content (AvgIpc) is 2.31. The van der Waals surface area contributed by atoms with Crippen molar-refractivity contribution in [3.05, 3.63) is 0 Å². The molecule has 1 atom stereocenters. The van der Waals surface area contributed by atoms with Crippen LogP contribution in [0.2, 0.25) is 0 Å². The van der Waals surface area contributed by atoms with Crippen LogP contribution in [0.15, 0.2) is 0 Å². The van der Waals surface area contributed by atoms with Crippen LogP contribution >= 0.6 is 0 Å². The number of carbonyl (C=O) groups is 1. The molecule has 3 nitrogen and oxygen atoms in total. The van der Waals surface area contributed by atoms with E-state index in [-0.39, 0.29) is 11.4 Å². The van der Waals surface area contributed by atoms with E-state index in [1.807, 2.05) is 0 Å². The van der Waals surface area contributed by atoms with Gasteiger partial charge in [0.1, 0.15) is 6.04 Å². The van der Waals surface area contributed by atoms with Crippen LogP contribution in [0.25, 0.3) is 0 Å². The summed E-state index contributed by atoms with van der Waals surface area (Å²) in [5.74, 6) is -0.288. The molecule has 0 aromatic heterocycles. The van der Waals surface area contributed by atoms with Crippen LogP contribution < -0.4 is 5.73 Å². The summed E-state index contributed by atoms with van der Waals surface area (Å²) in [7, 11) is 0. The molecule has 0 aliphatic rings. The molecule has 0 fully saturated rings. The van der Waals surface area contributed by atoms with Crippen molar-refractivity contribution < 1.29 is 9.53 Å². The second-order valence-corrected chi connectivity index (χ2v) is 5.41. The minimum Gasteiger partial charge on any atom is -0.464 e. The van der Waals surface area contributed by atoms with E-state index in [1.54, 1.807) is 6.92 Å². The van der Waals surface area contributed by atoms with Crippen LogP contribution in [0, 0.1) is 5.41 Å². The fourth-order valence-corrected chi connectivity index (χ4v) is 1.85. The van der Waals surface area contributed by atoms with Crippen molar-refractivity contribution in [3.8, 4) is 0 Å². The number of hydrogen-bond acceptors (Lipinski definition) is 3. The number of esters is 1. The van der Waals surface area contributed by atoms with E-state index in [0.29, 0.717) is 6.61 Å². The molecule has 3 heteroatoms. The zero-order valence-corrected chi connectivity index (χ0v) is 11.9. The van der Waals surface area contributed by atoms with Gasteiger partial charge in [-0.3, -0.25) is 4.79 Å². The first kappa shape index (κ1) is 16.4. The topological polar surface area (TPSA) is 52.3 Å². The van der Waals surface area contributed by atoms with E-state index in [2.05, 4.69) is 20.8 Å². The van der Waals surface area contributed by atoms with E-state index in [4.69, 9.17) is 10.5 Å². The number of hydrogen-bond donors (Lipinski definition) is 1. The van der Waals surface area contributed by atoms with Crippen molar-refractivity contribution in [1.29, 1.82) is 0 Å². The van der Waals surface area contributed by atoms with Gasteiger partial charge in [-0.1, -0.05) is 46.5 Å². The van der Waals surface area contributed by atoms with Crippen molar-refractivity contribution in [3.63, 3.8) is 0 Å². The van der Waals surface area contributed by atoms with E-state index in [9.17, 15) is 4.79 Å². The monoisotopic (exact) mass is 243 g/mol. The van der Waals surface area contributed by atoms with Crippen molar-refractivity contribution in [2.24, 2.45) is 11.1 Å². The van der Waals surface area contributed by atoms with Gasteiger partial charge in [-0.05, 0) is 19.8 Å². The molecule has 0 aliphatic carbocycles. The molecule has 0 bridgehead atoms.